The number of carbonyl (C=O) groups excluding carboxylic acids is 1. The lowest BCUT2D eigenvalue weighted by Crippen LogP contribution is -2.40. The van der Waals surface area contributed by atoms with Crippen LogP contribution in [0.5, 0.6) is 0 Å². The standard InChI is InChI=1S/C18H35NO4/c1-7-9-11-15(16(20)21)13(3)12-14(10-8-2)19-17(22)23-18(4,5)6/h13-15H,7-12H2,1-6H3,(H,19,22)(H,20,21)/t13?,14-,15+/m0/s1. The van der Waals surface area contributed by atoms with Crippen molar-refractivity contribution in [1.82, 2.24) is 5.32 Å². The van der Waals surface area contributed by atoms with Gasteiger partial charge >= 0.3 is 12.1 Å². The molecule has 0 aromatic heterocycles. The van der Waals surface area contributed by atoms with E-state index in [1.807, 2.05) is 27.7 Å². The van der Waals surface area contributed by atoms with Crippen LogP contribution in [0.4, 0.5) is 4.79 Å². The molecule has 2 N–H and O–H groups in total. The van der Waals surface area contributed by atoms with Crippen molar-refractivity contribution in [3.63, 3.8) is 0 Å². The Labute approximate surface area is 141 Å². The number of hydrogen-bond donors (Lipinski definition) is 2. The molecule has 0 fully saturated rings. The van der Waals surface area contributed by atoms with Gasteiger partial charge in [-0.3, -0.25) is 4.79 Å². The summed E-state index contributed by atoms with van der Waals surface area (Å²) in [4.78, 5) is 23.4. The van der Waals surface area contributed by atoms with Crippen molar-refractivity contribution < 1.29 is 19.4 Å². The number of hydrogen-bond acceptors (Lipinski definition) is 3. The molecule has 0 bridgehead atoms. The number of alkyl carbamates (subject to hydrolysis) is 1. The van der Waals surface area contributed by atoms with Crippen molar-refractivity contribution in [2.75, 3.05) is 0 Å². The van der Waals surface area contributed by atoms with E-state index in [1.165, 1.54) is 0 Å². The largest absolute Gasteiger partial charge is 0.481 e. The Hall–Kier alpha value is -1.26. The van der Waals surface area contributed by atoms with Crippen molar-refractivity contribution in [1.29, 1.82) is 0 Å². The minimum absolute atomic E-state index is 0.0190. The van der Waals surface area contributed by atoms with E-state index in [-0.39, 0.29) is 17.9 Å². The molecule has 1 unspecified atom stereocenters. The van der Waals surface area contributed by atoms with Crippen LogP contribution in [0.25, 0.3) is 0 Å². The van der Waals surface area contributed by atoms with E-state index in [0.29, 0.717) is 12.8 Å². The highest BCUT2D eigenvalue weighted by Gasteiger charge is 2.27. The Kier molecular flexibility index (Phi) is 9.93. The third kappa shape index (κ3) is 10.2. The van der Waals surface area contributed by atoms with E-state index >= 15 is 0 Å². The molecule has 0 spiro atoms. The average molecular weight is 329 g/mol. The van der Waals surface area contributed by atoms with Crippen LogP contribution in [0.1, 0.15) is 80.1 Å². The van der Waals surface area contributed by atoms with Gasteiger partial charge in [-0.25, -0.2) is 4.79 Å². The normalized spacial score (nSPS) is 15.6. The molecule has 23 heavy (non-hydrogen) atoms. The summed E-state index contributed by atoms with van der Waals surface area (Å²) in [5.74, 6) is -1.07. The van der Waals surface area contributed by atoms with E-state index in [0.717, 1.165) is 25.7 Å². The predicted molar refractivity (Wildman–Crippen MR) is 92.5 cm³/mol. The second-order valence-electron chi connectivity index (χ2n) is 7.43. The summed E-state index contributed by atoms with van der Waals surface area (Å²) in [5, 5.41) is 12.3. The van der Waals surface area contributed by atoms with Crippen LogP contribution < -0.4 is 5.32 Å². The van der Waals surface area contributed by atoms with Crippen molar-refractivity contribution in [2.45, 2.75) is 91.7 Å². The van der Waals surface area contributed by atoms with Crippen molar-refractivity contribution in [3.05, 3.63) is 0 Å². The summed E-state index contributed by atoms with van der Waals surface area (Å²) in [6.45, 7) is 11.6. The van der Waals surface area contributed by atoms with Crippen LogP contribution in [-0.2, 0) is 9.53 Å². The lowest BCUT2D eigenvalue weighted by Gasteiger charge is -2.27. The van der Waals surface area contributed by atoms with Gasteiger partial charge in [-0.15, -0.1) is 0 Å². The van der Waals surface area contributed by atoms with Crippen molar-refractivity contribution in [2.24, 2.45) is 11.8 Å². The fourth-order valence-electron chi connectivity index (χ4n) is 2.76. The van der Waals surface area contributed by atoms with E-state index in [1.54, 1.807) is 0 Å². The molecule has 5 nitrogen and oxygen atoms in total. The number of amides is 1. The van der Waals surface area contributed by atoms with Crippen LogP contribution >= 0.6 is 0 Å². The van der Waals surface area contributed by atoms with Gasteiger partial charge in [0.1, 0.15) is 5.60 Å². The van der Waals surface area contributed by atoms with Gasteiger partial charge in [0.2, 0.25) is 0 Å². The number of rotatable bonds is 10. The average Bonchev–Trinajstić information content (AvgIpc) is 2.36. The quantitative estimate of drug-likeness (QED) is 0.614. The van der Waals surface area contributed by atoms with Crippen molar-refractivity contribution in [3.8, 4) is 0 Å². The predicted octanol–water partition coefficient (Wildman–Crippen LogP) is 4.60. The Balaban J connectivity index is 4.70. The smallest absolute Gasteiger partial charge is 0.407 e. The highest BCUT2D eigenvalue weighted by Crippen LogP contribution is 2.24. The zero-order valence-corrected chi connectivity index (χ0v) is 15.6. The van der Waals surface area contributed by atoms with Gasteiger partial charge in [-0.05, 0) is 46.0 Å². The van der Waals surface area contributed by atoms with Crippen LogP contribution in [-0.4, -0.2) is 28.8 Å². The summed E-state index contributed by atoms with van der Waals surface area (Å²) < 4.78 is 5.30. The first-order chi connectivity index (χ1) is 10.6. The minimum atomic E-state index is -0.738. The van der Waals surface area contributed by atoms with Gasteiger partial charge in [0.25, 0.3) is 0 Å². The van der Waals surface area contributed by atoms with Crippen LogP contribution in [0.15, 0.2) is 0 Å². The lowest BCUT2D eigenvalue weighted by molar-refractivity contribution is -0.144. The number of aliphatic carboxylic acids is 1. The van der Waals surface area contributed by atoms with Gasteiger partial charge in [0.05, 0.1) is 5.92 Å². The van der Waals surface area contributed by atoms with Crippen molar-refractivity contribution >= 4 is 12.1 Å². The van der Waals surface area contributed by atoms with Gasteiger partial charge in [0.15, 0.2) is 0 Å². The number of carboxylic acid groups (broad SMARTS) is 1. The topological polar surface area (TPSA) is 75.6 Å². The Morgan fingerprint density at radius 1 is 1.13 bits per heavy atom. The highest BCUT2D eigenvalue weighted by molar-refractivity contribution is 5.70. The summed E-state index contributed by atoms with van der Waals surface area (Å²) in [5.41, 5.74) is -0.531. The van der Waals surface area contributed by atoms with Gasteiger partial charge in [-0.1, -0.05) is 40.0 Å². The summed E-state index contributed by atoms with van der Waals surface area (Å²) in [6.07, 6.45) is 4.59. The molecular weight excluding hydrogens is 294 g/mol. The molecule has 0 aromatic carbocycles. The maximum Gasteiger partial charge on any atom is 0.407 e. The second-order valence-corrected chi connectivity index (χ2v) is 7.43. The van der Waals surface area contributed by atoms with Gasteiger partial charge < -0.3 is 15.2 Å². The molecule has 0 aromatic rings. The number of nitrogens with one attached hydrogen (secondary N) is 1. The number of carboxylic acids is 1. The molecule has 136 valence electrons. The Morgan fingerprint density at radius 3 is 2.17 bits per heavy atom. The van der Waals surface area contributed by atoms with Gasteiger partial charge in [0, 0.05) is 6.04 Å². The summed E-state index contributed by atoms with van der Waals surface area (Å²) in [7, 11) is 0. The monoisotopic (exact) mass is 329 g/mol. The SMILES string of the molecule is CCCC[C@@H](C(=O)O)C(C)C[C@H](CCC)NC(=O)OC(C)(C)C. The number of carbonyl (C=O) groups is 2. The fourth-order valence-corrected chi connectivity index (χ4v) is 2.76. The lowest BCUT2D eigenvalue weighted by atomic mass is 9.84. The van der Waals surface area contributed by atoms with Gasteiger partial charge in [-0.2, -0.15) is 0 Å². The molecular formula is C18H35NO4. The van der Waals surface area contributed by atoms with E-state index in [2.05, 4.69) is 19.2 Å². The fraction of sp³-hybridized carbons (Fsp3) is 0.889. The molecule has 0 aliphatic rings. The Morgan fingerprint density at radius 2 is 1.74 bits per heavy atom. The first kappa shape index (κ1) is 21.7. The maximum atomic E-state index is 12.0. The first-order valence-electron chi connectivity index (χ1n) is 8.83. The van der Waals surface area contributed by atoms with E-state index in [4.69, 9.17) is 4.74 Å². The number of ether oxygens (including phenoxy) is 1. The molecule has 0 aliphatic carbocycles. The van der Waals surface area contributed by atoms with E-state index < -0.39 is 17.7 Å². The molecule has 0 saturated carbocycles. The summed E-state index contributed by atoms with van der Waals surface area (Å²) in [6, 6.07) is -0.0478. The molecule has 5 heteroatoms. The molecule has 3 atom stereocenters. The molecule has 0 rings (SSSR count). The molecule has 1 amide bonds. The summed E-state index contributed by atoms with van der Waals surface area (Å²) >= 11 is 0. The highest BCUT2D eigenvalue weighted by atomic mass is 16.6. The zero-order valence-electron chi connectivity index (χ0n) is 15.6. The Bertz CT molecular complexity index is 363. The van der Waals surface area contributed by atoms with E-state index in [9.17, 15) is 14.7 Å². The van der Waals surface area contributed by atoms with Crippen LogP contribution in [0, 0.1) is 11.8 Å². The first-order valence-corrected chi connectivity index (χ1v) is 8.83. The second kappa shape index (κ2) is 10.5. The third-order valence-electron chi connectivity index (χ3n) is 3.89. The van der Waals surface area contributed by atoms with Crippen LogP contribution in [0.2, 0.25) is 0 Å². The minimum Gasteiger partial charge on any atom is -0.481 e. The number of unbranched alkanes of at least 4 members (excludes halogenated alkanes) is 1. The molecule has 0 heterocycles. The van der Waals surface area contributed by atoms with Crippen LogP contribution in [0.3, 0.4) is 0 Å². The molecule has 0 radical (unpaired) electrons. The molecule has 0 saturated heterocycles. The zero-order chi connectivity index (χ0) is 18.0. The molecule has 0 aliphatic heterocycles. The third-order valence-corrected chi connectivity index (χ3v) is 3.89. The maximum absolute atomic E-state index is 12.0.